The lowest BCUT2D eigenvalue weighted by atomic mass is 9.73. The molecule has 0 radical (unpaired) electrons. The Morgan fingerprint density at radius 3 is 2.62 bits per heavy atom. The van der Waals surface area contributed by atoms with Gasteiger partial charge in [-0.2, -0.15) is 11.3 Å². The summed E-state index contributed by atoms with van der Waals surface area (Å²) in [5.41, 5.74) is 4.71. The predicted octanol–water partition coefficient (Wildman–Crippen LogP) is 5.92. The number of carbonyl (C=O) groups excluding carboxylic acids is 2. The number of carbonyl (C=O) groups is 2. The number of Topliss-reactive ketones (excluding diaryl/α,β-unsaturated/α-hetero) is 1. The molecule has 174 valence electrons. The highest BCUT2D eigenvalue weighted by atomic mass is 32.1. The Kier molecular flexibility index (Phi) is 6.39. The lowest BCUT2D eigenvalue weighted by Gasteiger charge is -2.36. The van der Waals surface area contributed by atoms with E-state index in [2.05, 4.69) is 11.4 Å². The number of methoxy groups -OCH3 is 1. The molecular formula is C27H25NO4S2. The average Bonchev–Trinajstić information content (AvgIpc) is 3.56. The Labute approximate surface area is 206 Å². The zero-order valence-corrected chi connectivity index (χ0v) is 20.6. The Morgan fingerprint density at radius 1 is 1.12 bits per heavy atom. The van der Waals surface area contributed by atoms with Gasteiger partial charge in [0.25, 0.3) is 0 Å². The molecule has 0 fully saturated rings. The number of ketones is 1. The highest BCUT2D eigenvalue weighted by molar-refractivity contribution is 7.10. The van der Waals surface area contributed by atoms with Crippen molar-refractivity contribution in [2.24, 2.45) is 0 Å². The van der Waals surface area contributed by atoms with E-state index in [4.69, 9.17) is 9.47 Å². The van der Waals surface area contributed by atoms with Crippen LogP contribution in [0.3, 0.4) is 0 Å². The van der Waals surface area contributed by atoms with Crippen molar-refractivity contribution in [1.82, 2.24) is 5.32 Å². The minimum Gasteiger partial charge on any atom is -0.497 e. The molecule has 5 nitrogen and oxygen atoms in total. The first-order valence-corrected chi connectivity index (χ1v) is 13.0. The maximum atomic E-state index is 13.5. The van der Waals surface area contributed by atoms with Crippen LogP contribution in [0.5, 0.6) is 5.75 Å². The normalized spacial score (nSPS) is 20.1. The van der Waals surface area contributed by atoms with Gasteiger partial charge in [-0.25, -0.2) is 4.79 Å². The quantitative estimate of drug-likeness (QED) is 0.434. The van der Waals surface area contributed by atoms with Crippen molar-refractivity contribution >= 4 is 34.4 Å². The summed E-state index contributed by atoms with van der Waals surface area (Å²) in [5.74, 6) is 0.188. The second kappa shape index (κ2) is 9.60. The largest absolute Gasteiger partial charge is 0.497 e. The van der Waals surface area contributed by atoms with Crippen LogP contribution >= 0.6 is 22.7 Å². The first kappa shape index (κ1) is 22.6. The standard InChI is InChI=1S/C27H25NO4S2/c1-16-24(27(30)32-14-17-5-7-20(31-2)8-6-17)25(18-9-11-33-15-18)26-21(28-16)12-19(13-22(26)29)23-4-3-10-34-23/h3-11,15,19,25,28H,12-14H2,1-2H3/t19-,25+/m0/s1. The fourth-order valence-corrected chi connectivity index (χ4v) is 6.27. The Bertz CT molecular complexity index is 1250. The van der Waals surface area contributed by atoms with Crippen LogP contribution in [0.25, 0.3) is 0 Å². The Morgan fingerprint density at radius 2 is 1.94 bits per heavy atom. The molecule has 0 bridgehead atoms. The fraction of sp³-hybridized carbons (Fsp3) is 0.259. The minimum atomic E-state index is -0.414. The number of benzene rings is 1. The zero-order valence-electron chi connectivity index (χ0n) is 19.0. The maximum absolute atomic E-state index is 13.5. The first-order chi connectivity index (χ1) is 16.5. The van der Waals surface area contributed by atoms with Crippen LogP contribution < -0.4 is 10.1 Å². The lowest BCUT2D eigenvalue weighted by molar-refractivity contribution is -0.140. The monoisotopic (exact) mass is 491 g/mol. The van der Waals surface area contributed by atoms with Crippen LogP contribution in [-0.2, 0) is 20.9 Å². The van der Waals surface area contributed by atoms with Crippen LogP contribution in [0.2, 0.25) is 0 Å². The molecule has 1 aliphatic carbocycles. The highest BCUT2D eigenvalue weighted by Crippen LogP contribution is 2.46. The molecule has 34 heavy (non-hydrogen) atoms. The number of ether oxygens (including phenoxy) is 2. The van der Waals surface area contributed by atoms with E-state index in [0.717, 1.165) is 34.7 Å². The second-order valence-electron chi connectivity index (χ2n) is 8.51. The number of nitrogens with one attached hydrogen (secondary N) is 1. The molecule has 3 heterocycles. The van der Waals surface area contributed by atoms with E-state index in [1.165, 1.54) is 4.88 Å². The van der Waals surface area contributed by atoms with E-state index in [1.807, 2.05) is 59.5 Å². The van der Waals surface area contributed by atoms with Crippen molar-refractivity contribution in [3.63, 3.8) is 0 Å². The summed E-state index contributed by atoms with van der Waals surface area (Å²) in [7, 11) is 1.61. The number of rotatable bonds is 6. The average molecular weight is 492 g/mol. The summed E-state index contributed by atoms with van der Waals surface area (Å²) < 4.78 is 10.9. The van der Waals surface area contributed by atoms with Crippen molar-refractivity contribution < 1.29 is 19.1 Å². The van der Waals surface area contributed by atoms with Crippen molar-refractivity contribution in [3.8, 4) is 5.75 Å². The van der Waals surface area contributed by atoms with E-state index >= 15 is 0 Å². The number of hydrogen-bond acceptors (Lipinski definition) is 7. The van der Waals surface area contributed by atoms with Crippen molar-refractivity contribution in [1.29, 1.82) is 0 Å². The summed E-state index contributed by atoms with van der Waals surface area (Å²) in [6.45, 7) is 2.04. The van der Waals surface area contributed by atoms with Gasteiger partial charge in [0.1, 0.15) is 12.4 Å². The third-order valence-corrected chi connectivity index (χ3v) is 8.13. The predicted molar refractivity (Wildman–Crippen MR) is 134 cm³/mol. The molecule has 1 aliphatic heterocycles. The molecule has 0 unspecified atom stereocenters. The van der Waals surface area contributed by atoms with Gasteiger partial charge in [0.05, 0.1) is 12.7 Å². The molecule has 2 atom stereocenters. The van der Waals surface area contributed by atoms with E-state index in [1.54, 1.807) is 29.8 Å². The molecule has 3 aromatic rings. The van der Waals surface area contributed by atoms with Crippen LogP contribution in [0.1, 0.15) is 47.6 Å². The molecule has 0 amide bonds. The number of hydrogen-bond donors (Lipinski definition) is 1. The van der Waals surface area contributed by atoms with E-state index in [0.29, 0.717) is 17.6 Å². The number of dihydropyridines is 1. The van der Waals surface area contributed by atoms with Crippen LogP contribution in [-0.4, -0.2) is 18.9 Å². The molecule has 1 N–H and O–H groups in total. The Hall–Kier alpha value is -3.16. The van der Waals surface area contributed by atoms with Gasteiger partial charge in [0.2, 0.25) is 0 Å². The molecular weight excluding hydrogens is 466 g/mol. The van der Waals surface area contributed by atoms with E-state index in [9.17, 15) is 9.59 Å². The number of esters is 1. The summed E-state index contributed by atoms with van der Waals surface area (Å²) in [6.07, 6.45) is 1.21. The zero-order chi connectivity index (χ0) is 23.7. The topological polar surface area (TPSA) is 64.6 Å². The molecule has 0 saturated carbocycles. The van der Waals surface area contributed by atoms with Crippen LogP contribution in [0, 0.1) is 0 Å². The maximum Gasteiger partial charge on any atom is 0.337 e. The number of allylic oxidation sites excluding steroid dienone is 3. The highest BCUT2D eigenvalue weighted by Gasteiger charge is 2.41. The van der Waals surface area contributed by atoms with Gasteiger partial charge in [0.15, 0.2) is 5.78 Å². The van der Waals surface area contributed by atoms with Gasteiger partial charge in [-0.05, 0) is 64.9 Å². The van der Waals surface area contributed by atoms with Crippen LogP contribution in [0.15, 0.2) is 81.1 Å². The smallest absolute Gasteiger partial charge is 0.337 e. The summed E-state index contributed by atoms with van der Waals surface area (Å²) >= 11 is 3.25. The lowest BCUT2D eigenvalue weighted by Crippen LogP contribution is -2.35. The molecule has 1 aromatic carbocycles. The minimum absolute atomic E-state index is 0.0938. The fourth-order valence-electron chi connectivity index (χ4n) is 4.76. The van der Waals surface area contributed by atoms with E-state index in [-0.39, 0.29) is 18.3 Å². The van der Waals surface area contributed by atoms with Gasteiger partial charge >= 0.3 is 5.97 Å². The molecule has 2 aromatic heterocycles. The van der Waals surface area contributed by atoms with Crippen molar-refractivity contribution in [2.75, 3.05) is 7.11 Å². The third-order valence-electron chi connectivity index (χ3n) is 6.40. The first-order valence-electron chi connectivity index (χ1n) is 11.1. The molecule has 5 rings (SSSR count). The van der Waals surface area contributed by atoms with Gasteiger partial charge in [0, 0.05) is 40.1 Å². The molecule has 0 saturated heterocycles. The van der Waals surface area contributed by atoms with Crippen molar-refractivity contribution in [2.45, 2.75) is 38.2 Å². The van der Waals surface area contributed by atoms with Gasteiger partial charge in [-0.15, -0.1) is 11.3 Å². The molecule has 0 spiro atoms. The summed E-state index contributed by atoms with van der Waals surface area (Å²) in [6, 6.07) is 13.5. The summed E-state index contributed by atoms with van der Waals surface area (Å²) in [5, 5.41) is 9.45. The van der Waals surface area contributed by atoms with Gasteiger partial charge in [-0.1, -0.05) is 18.2 Å². The summed E-state index contributed by atoms with van der Waals surface area (Å²) in [4.78, 5) is 28.1. The van der Waals surface area contributed by atoms with Gasteiger partial charge < -0.3 is 14.8 Å². The third kappa shape index (κ3) is 4.33. The number of thiophene rings is 2. The van der Waals surface area contributed by atoms with Crippen molar-refractivity contribution in [3.05, 3.63) is 97.1 Å². The van der Waals surface area contributed by atoms with E-state index < -0.39 is 11.9 Å². The van der Waals surface area contributed by atoms with Gasteiger partial charge in [-0.3, -0.25) is 4.79 Å². The SMILES string of the molecule is COc1ccc(COC(=O)C2=C(C)NC3=C(C(=O)C[C@@H](c4cccs4)C3)[C@@H]2c2ccsc2)cc1. The molecule has 7 heteroatoms. The Balaban J connectivity index is 1.43. The molecule has 2 aliphatic rings. The van der Waals surface area contributed by atoms with Crippen LogP contribution in [0.4, 0.5) is 0 Å². The second-order valence-corrected chi connectivity index (χ2v) is 10.3.